The third-order valence-corrected chi connectivity index (χ3v) is 6.16. The summed E-state index contributed by atoms with van der Waals surface area (Å²) in [5, 5.41) is 0. The number of hydrogen-bond acceptors (Lipinski definition) is 4. The highest BCUT2D eigenvalue weighted by atomic mass is 32.2. The molecule has 1 saturated heterocycles. The van der Waals surface area contributed by atoms with Crippen LogP contribution in [0.2, 0.25) is 0 Å². The standard InChI is InChI=1S/C15H21NO4S/c1-11(2)9-21(17,18)16-6-5-13(8-16)12-3-4-14-15(7-12)20-10-19-14/h3-4,7,11,13H,5-6,8-10H2,1-2H3. The van der Waals surface area contributed by atoms with E-state index >= 15 is 0 Å². The molecule has 0 aromatic heterocycles. The third-order valence-electron chi connectivity index (χ3n) is 3.96. The normalized spacial score (nSPS) is 22.1. The molecule has 1 aromatic rings. The van der Waals surface area contributed by atoms with Gasteiger partial charge in [-0.2, -0.15) is 0 Å². The second-order valence-corrected chi connectivity index (χ2v) is 8.14. The first-order valence-electron chi connectivity index (χ1n) is 7.33. The lowest BCUT2D eigenvalue weighted by molar-refractivity contribution is 0.174. The first kappa shape index (κ1) is 14.7. The Balaban J connectivity index is 1.72. The number of benzene rings is 1. The summed E-state index contributed by atoms with van der Waals surface area (Å²) >= 11 is 0. The van der Waals surface area contributed by atoms with Gasteiger partial charge in [0.1, 0.15) is 0 Å². The average molecular weight is 311 g/mol. The van der Waals surface area contributed by atoms with Crippen LogP contribution in [0.25, 0.3) is 0 Å². The smallest absolute Gasteiger partial charge is 0.231 e. The van der Waals surface area contributed by atoms with Crippen LogP contribution >= 0.6 is 0 Å². The van der Waals surface area contributed by atoms with Crippen LogP contribution in [0.5, 0.6) is 11.5 Å². The fourth-order valence-electron chi connectivity index (χ4n) is 2.95. The lowest BCUT2D eigenvalue weighted by Gasteiger charge is -2.18. The number of hydrogen-bond donors (Lipinski definition) is 0. The van der Waals surface area contributed by atoms with Crippen molar-refractivity contribution in [2.24, 2.45) is 5.92 Å². The van der Waals surface area contributed by atoms with Crippen molar-refractivity contribution >= 4 is 10.0 Å². The Bertz CT molecular complexity index is 627. The van der Waals surface area contributed by atoms with Gasteiger partial charge in [0, 0.05) is 13.1 Å². The van der Waals surface area contributed by atoms with Crippen molar-refractivity contribution in [3.8, 4) is 11.5 Å². The molecule has 116 valence electrons. The summed E-state index contributed by atoms with van der Waals surface area (Å²) in [4.78, 5) is 0. The van der Waals surface area contributed by atoms with Crippen LogP contribution in [0.1, 0.15) is 31.7 Å². The number of sulfonamides is 1. The minimum Gasteiger partial charge on any atom is -0.454 e. The fourth-order valence-corrected chi connectivity index (χ4v) is 4.79. The van der Waals surface area contributed by atoms with Gasteiger partial charge in [-0.3, -0.25) is 0 Å². The van der Waals surface area contributed by atoms with E-state index in [0.29, 0.717) is 13.1 Å². The molecule has 5 nitrogen and oxygen atoms in total. The molecule has 1 atom stereocenters. The van der Waals surface area contributed by atoms with Gasteiger partial charge in [0.05, 0.1) is 5.75 Å². The molecule has 0 N–H and O–H groups in total. The lowest BCUT2D eigenvalue weighted by Crippen LogP contribution is -2.32. The summed E-state index contributed by atoms with van der Waals surface area (Å²) in [6, 6.07) is 5.89. The van der Waals surface area contributed by atoms with Crippen molar-refractivity contribution in [1.82, 2.24) is 4.31 Å². The van der Waals surface area contributed by atoms with E-state index in [1.54, 1.807) is 4.31 Å². The van der Waals surface area contributed by atoms with Gasteiger partial charge in [-0.1, -0.05) is 19.9 Å². The van der Waals surface area contributed by atoms with E-state index in [9.17, 15) is 8.42 Å². The van der Waals surface area contributed by atoms with E-state index < -0.39 is 10.0 Å². The van der Waals surface area contributed by atoms with Crippen molar-refractivity contribution in [1.29, 1.82) is 0 Å². The van der Waals surface area contributed by atoms with Crippen LogP contribution in [0.15, 0.2) is 18.2 Å². The molecule has 0 spiro atoms. The first-order chi connectivity index (χ1) is 9.95. The number of nitrogens with zero attached hydrogens (tertiary/aromatic N) is 1. The van der Waals surface area contributed by atoms with E-state index in [4.69, 9.17) is 9.47 Å². The van der Waals surface area contributed by atoms with E-state index in [1.807, 2.05) is 32.0 Å². The zero-order valence-corrected chi connectivity index (χ0v) is 13.2. The average Bonchev–Trinajstić information content (AvgIpc) is 3.06. The van der Waals surface area contributed by atoms with Crippen molar-refractivity contribution in [3.63, 3.8) is 0 Å². The topological polar surface area (TPSA) is 55.8 Å². The molecule has 0 aliphatic carbocycles. The van der Waals surface area contributed by atoms with E-state index in [2.05, 4.69) is 0 Å². The zero-order valence-electron chi connectivity index (χ0n) is 12.4. The van der Waals surface area contributed by atoms with Gasteiger partial charge in [0.25, 0.3) is 0 Å². The maximum atomic E-state index is 12.3. The monoisotopic (exact) mass is 311 g/mol. The quantitative estimate of drug-likeness (QED) is 0.855. The maximum absolute atomic E-state index is 12.3. The van der Waals surface area contributed by atoms with Crippen LogP contribution < -0.4 is 9.47 Å². The van der Waals surface area contributed by atoms with Gasteiger partial charge in [-0.15, -0.1) is 0 Å². The molecule has 0 bridgehead atoms. The minimum absolute atomic E-state index is 0.152. The Labute approximate surface area is 125 Å². The van der Waals surface area contributed by atoms with Crippen molar-refractivity contribution < 1.29 is 17.9 Å². The number of ether oxygens (including phenoxy) is 2. The van der Waals surface area contributed by atoms with Crippen molar-refractivity contribution in [3.05, 3.63) is 23.8 Å². The molecule has 0 radical (unpaired) electrons. The molecular weight excluding hydrogens is 290 g/mol. The van der Waals surface area contributed by atoms with E-state index in [1.165, 1.54) is 0 Å². The maximum Gasteiger partial charge on any atom is 0.231 e. The predicted molar refractivity (Wildman–Crippen MR) is 80.1 cm³/mol. The van der Waals surface area contributed by atoms with Crippen LogP contribution in [-0.4, -0.2) is 38.4 Å². The Hall–Kier alpha value is -1.27. The van der Waals surface area contributed by atoms with Crippen LogP contribution in [-0.2, 0) is 10.0 Å². The summed E-state index contributed by atoms with van der Waals surface area (Å²) in [6.45, 7) is 5.30. The lowest BCUT2D eigenvalue weighted by atomic mass is 9.98. The molecular formula is C15H21NO4S. The molecule has 0 saturated carbocycles. The summed E-state index contributed by atoms with van der Waals surface area (Å²) < 4.78 is 36.9. The van der Waals surface area contributed by atoms with Gasteiger partial charge >= 0.3 is 0 Å². The Kier molecular flexibility index (Phi) is 3.84. The molecule has 1 fully saturated rings. The molecule has 2 aliphatic rings. The Morgan fingerprint density at radius 1 is 1.29 bits per heavy atom. The number of fused-ring (bicyclic) bond motifs is 1. The van der Waals surface area contributed by atoms with Gasteiger partial charge in [0.2, 0.25) is 16.8 Å². The predicted octanol–water partition coefficient (Wildman–Crippen LogP) is 2.19. The second-order valence-electron chi connectivity index (χ2n) is 6.13. The first-order valence-corrected chi connectivity index (χ1v) is 8.94. The van der Waals surface area contributed by atoms with Crippen LogP contribution in [0.4, 0.5) is 0 Å². The number of rotatable bonds is 4. The molecule has 2 aliphatic heterocycles. The summed E-state index contributed by atoms with van der Waals surface area (Å²) in [7, 11) is -3.13. The highest BCUT2D eigenvalue weighted by Crippen LogP contribution is 2.37. The van der Waals surface area contributed by atoms with E-state index in [-0.39, 0.29) is 24.4 Å². The molecule has 6 heteroatoms. The third kappa shape index (κ3) is 3.01. The second kappa shape index (κ2) is 5.50. The SMILES string of the molecule is CC(C)CS(=O)(=O)N1CCC(c2ccc3c(c2)OCO3)C1. The largest absolute Gasteiger partial charge is 0.454 e. The van der Waals surface area contributed by atoms with Crippen LogP contribution in [0.3, 0.4) is 0 Å². The van der Waals surface area contributed by atoms with Gasteiger partial charge in [0.15, 0.2) is 11.5 Å². The van der Waals surface area contributed by atoms with Gasteiger partial charge in [-0.05, 0) is 36.0 Å². The molecule has 3 rings (SSSR count). The highest BCUT2D eigenvalue weighted by molar-refractivity contribution is 7.89. The molecule has 0 amide bonds. The summed E-state index contributed by atoms with van der Waals surface area (Å²) in [5.74, 6) is 2.14. The van der Waals surface area contributed by atoms with E-state index in [0.717, 1.165) is 23.5 Å². The summed E-state index contributed by atoms with van der Waals surface area (Å²) in [5.41, 5.74) is 1.13. The molecule has 2 heterocycles. The van der Waals surface area contributed by atoms with Gasteiger partial charge < -0.3 is 9.47 Å². The minimum atomic E-state index is -3.13. The Morgan fingerprint density at radius 3 is 2.81 bits per heavy atom. The fraction of sp³-hybridized carbons (Fsp3) is 0.600. The van der Waals surface area contributed by atoms with Crippen molar-refractivity contribution in [2.45, 2.75) is 26.2 Å². The highest BCUT2D eigenvalue weighted by Gasteiger charge is 2.33. The van der Waals surface area contributed by atoms with Crippen molar-refractivity contribution in [2.75, 3.05) is 25.6 Å². The van der Waals surface area contributed by atoms with Crippen LogP contribution in [0, 0.1) is 5.92 Å². The van der Waals surface area contributed by atoms with Gasteiger partial charge in [-0.25, -0.2) is 12.7 Å². The zero-order chi connectivity index (χ0) is 15.0. The summed E-state index contributed by atoms with van der Waals surface area (Å²) in [6.07, 6.45) is 0.858. The Morgan fingerprint density at radius 2 is 2.05 bits per heavy atom. The molecule has 1 unspecified atom stereocenters. The molecule has 21 heavy (non-hydrogen) atoms. The molecule has 1 aromatic carbocycles.